The summed E-state index contributed by atoms with van der Waals surface area (Å²) in [5.74, 6) is 0.746. The van der Waals surface area contributed by atoms with Gasteiger partial charge in [-0.05, 0) is 37.1 Å². The molecule has 1 atom stereocenters. The average Bonchev–Trinajstić information content (AvgIpc) is 3.39. The molecule has 2 aliphatic rings. The van der Waals surface area contributed by atoms with Gasteiger partial charge in [0.25, 0.3) is 0 Å². The summed E-state index contributed by atoms with van der Waals surface area (Å²) in [7, 11) is 0. The first-order valence-electron chi connectivity index (χ1n) is 10.1. The highest BCUT2D eigenvalue weighted by Gasteiger charge is 2.57. The second-order valence-corrected chi connectivity index (χ2v) is 8.20. The monoisotopic (exact) mass is 396 g/mol. The van der Waals surface area contributed by atoms with Crippen LogP contribution in [0.4, 0.5) is 5.69 Å². The van der Waals surface area contributed by atoms with Gasteiger partial charge in [0, 0.05) is 22.7 Å². The zero-order chi connectivity index (χ0) is 20.5. The van der Waals surface area contributed by atoms with E-state index in [2.05, 4.69) is 36.3 Å². The molecule has 0 radical (unpaired) electrons. The van der Waals surface area contributed by atoms with Crippen molar-refractivity contribution in [3.63, 3.8) is 0 Å². The second kappa shape index (κ2) is 5.95. The number of anilines is 1. The van der Waals surface area contributed by atoms with Gasteiger partial charge in [-0.3, -0.25) is 4.79 Å². The van der Waals surface area contributed by atoms with Crippen molar-refractivity contribution in [1.29, 1.82) is 0 Å². The number of aromatic nitrogens is 1. The van der Waals surface area contributed by atoms with Crippen molar-refractivity contribution in [3.8, 4) is 5.75 Å². The van der Waals surface area contributed by atoms with Gasteiger partial charge in [0.05, 0.1) is 12.2 Å². The highest BCUT2D eigenvalue weighted by molar-refractivity contribution is 6.12. The predicted octanol–water partition coefficient (Wildman–Crippen LogP) is 4.67. The van der Waals surface area contributed by atoms with E-state index in [0.717, 1.165) is 33.5 Å². The van der Waals surface area contributed by atoms with Crippen LogP contribution in [0.2, 0.25) is 0 Å². The third-order valence-corrected chi connectivity index (χ3v) is 6.38. The van der Waals surface area contributed by atoms with Crippen LogP contribution in [0.5, 0.6) is 5.75 Å². The van der Waals surface area contributed by atoms with E-state index in [4.69, 9.17) is 9.26 Å². The first-order chi connectivity index (χ1) is 14.6. The standard InChI is InChI=1S/C25H20N2O3/c1-15-7-9-17(10-8-15)13-27-21-6-4-3-5-19(21)25(24(27)28)14-29-23-12-22-18(11-20(23)25)16(2)26-30-22/h3-12H,13-14H2,1-2H3. The molecule has 1 aromatic heterocycles. The molecule has 5 heteroatoms. The minimum Gasteiger partial charge on any atom is -0.491 e. The van der Waals surface area contributed by atoms with Crippen LogP contribution in [0.1, 0.15) is 27.9 Å². The minimum atomic E-state index is -0.839. The van der Waals surface area contributed by atoms with Gasteiger partial charge >= 0.3 is 0 Å². The Morgan fingerprint density at radius 1 is 1.03 bits per heavy atom. The van der Waals surface area contributed by atoms with E-state index in [0.29, 0.717) is 24.5 Å². The number of hydrogen-bond donors (Lipinski definition) is 0. The van der Waals surface area contributed by atoms with E-state index in [1.807, 2.05) is 48.2 Å². The van der Waals surface area contributed by atoms with Gasteiger partial charge in [-0.15, -0.1) is 0 Å². The summed E-state index contributed by atoms with van der Waals surface area (Å²) in [4.78, 5) is 15.9. The largest absolute Gasteiger partial charge is 0.491 e. The van der Waals surface area contributed by atoms with Crippen molar-refractivity contribution >= 4 is 22.6 Å². The number of amides is 1. The smallest absolute Gasteiger partial charge is 0.246 e. The number of ether oxygens (including phenoxy) is 1. The van der Waals surface area contributed by atoms with Crippen LogP contribution in [0.25, 0.3) is 11.0 Å². The van der Waals surface area contributed by atoms with Gasteiger partial charge in [-0.1, -0.05) is 53.2 Å². The Morgan fingerprint density at radius 3 is 2.67 bits per heavy atom. The SMILES string of the molecule is Cc1ccc(CN2C(=O)C3(COc4cc5onc(C)c5cc43)c3ccccc32)cc1. The molecule has 1 unspecified atom stereocenters. The Balaban J connectivity index is 1.53. The zero-order valence-electron chi connectivity index (χ0n) is 16.8. The maximum Gasteiger partial charge on any atom is 0.246 e. The summed E-state index contributed by atoms with van der Waals surface area (Å²) in [6.45, 7) is 4.80. The Kier molecular flexibility index (Phi) is 3.43. The van der Waals surface area contributed by atoms with Gasteiger partial charge in [0.15, 0.2) is 5.58 Å². The summed E-state index contributed by atoms with van der Waals surface area (Å²) in [5.41, 5.74) is 5.79. The zero-order valence-corrected chi connectivity index (χ0v) is 16.8. The molecule has 0 saturated carbocycles. The van der Waals surface area contributed by atoms with Gasteiger partial charge in [-0.2, -0.15) is 0 Å². The summed E-state index contributed by atoms with van der Waals surface area (Å²) < 4.78 is 11.5. The summed E-state index contributed by atoms with van der Waals surface area (Å²) in [6.07, 6.45) is 0. The molecule has 0 saturated heterocycles. The van der Waals surface area contributed by atoms with Crippen molar-refractivity contribution in [2.75, 3.05) is 11.5 Å². The van der Waals surface area contributed by atoms with Gasteiger partial charge in [0.1, 0.15) is 17.8 Å². The Labute approximate surface area is 173 Å². The molecule has 148 valence electrons. The van der Waals surface area contributed by atoms with E-state index in [-0.39, 0.29) is 5.91 Å². The summed E-state index contributed by atoms with van der Waals surface area (Å²) in [6, 6.07) is 20.3. The van der Waals surface area contributed by atoms with Crippen LogP contribution < -0.4 is 9.64 Å². The molecule has 0 aliphatic carbocycles. The number of fused-ring (bicyclic) bond motifs is 5. The number of nitrogens with zero attached hydrogens (tertiary/aromatic N) is 2. The molecule has 0 fully saturated rings. The number of carbonyl (C=O) groups excluding carboxylic acids is 1. The van der Waals surface area contributed by atoms with Crippen LogP contribution in [-0.4, -0.2) is 17.7 Å². The first kappa shape index (κ1) is 17.3. The van der Waals surface area contributed by atoms with Crippen LogP contribution in [0.15, 0.2) is 65.2 Å². The van der Waals surface area contributed by atoms with Crippen molar-refractivity contribution in [3.05, 3.63) is 88.6 Å². The quantitative estimate of drug-likeness (QED) is 0.494. The molecule has 1 spiro atoms. The van der Waals surface area contributed by atoms with E-state index >= 15 is 0 Å². The molecule has 0 bridgehead atoms. The third-order valence-electron chi connectivity index (χ3n) is 6.38. The van der Waals surface area contributed by atoms with Crippen molar-refractivity contribution in [2.24, 2.45) is 0 Å². The third kappa shape index (κ3) is 2.17. The lowest BCUT2D eigenvalue weighted by Crippen LogP contribution is -2.42. The summed E-state index contributed by atoms with van der Waals surface area (Å²) >= 11 is 0. The predicted molar refractivity (Wildman–Crippen MR) is 114 cm³/mol. The molecule has 30 heavy (non-hydrogen) atoms. The second-order valence-electron chi connectivity index (χ2n) is 8.20. The fourth-order valence-corrected chi connectivity index (χ4v) is 4.76. The van der Waals surface area contributed by atoms with Crippen LogP contribution >= 0.6 is 0 Å². The maximum absolute atomic E-state index is 14.0. The van der Waals surface area contributed by atoms with Crippen LogP contribution in [0, 0.1) is 13.8 Å². The Hall–Kier alpha value is -3.60. The maximum atomic E-state index is 14.0. The molecule has 0 N–H and O–H groups in total. The van der Waals surface area contributed by atoms with Crippen molar-refractivity contribution < 1.29 is 14.1 Å². The number of hydrogen-bond acceptors (Lipinski definition) is 4. The number of carbonyl (C=O) groups is 1. The lowest BCUT2D eigenvalue weighted by molar-refractivity contribution is -0.122. The topological polar surface area (TPSA) is 55.6 Å². The number of para-hydroxylation sites is 1. The lowest BCUT2D eigenvalue weighted by atomic mass is 9.77. The van der Waals surface area contributed by atoms with E-state index in [1.165, 1.54) is 5.56 Å². The normalized spacial score (nSPS) is 19.4. The molecule has 1 amide bonds. The Bertz CT molecular complexity index is 1320. The fourth-order valence-electron chi connectivity index (χ4n) is 4.76. The molecular weight excluding hydrogens is 376 g/mol. The average molecular weight is 396 g/mol. The van der Waals surface area contributed by atoms with Crippen LogP contribution in [-0.2, 0) is 16.8 Å². The molecule has 6 rings (SSSR count). The molecule has 3 heterocycles. The van der Waals surface area contributed by atoms with Gasteiger partial charge in [0.2, 0.25) is 5.91 Å². The van der Waals surface area contributed by atoms with E-state index in [1.54, 1.807) is 0 Å². The molecule has 4 aromatic rings. The van der Waals surface area contributed by atoms with Crippen molar-refractivity contribution in [1.82, 2.24) is 5.16 Å². The molecule has 2 aliphatic heterocycles. The molecule has 5 nitrogen and oxygen atoms in total. The Morgan fingerprint density at radius 2 is 1.83 bits per heavy atom. The van der Waals surface area contributed by atoms with E-state index in [9.17, 15) is 4.79 Å². The number of aryl methyl sites for hydroxylation is 2. The fraction of sp³-hybridized carbons (Fsp3) is 0.200. The summed E-state index contributed by atoms with van der Waals surface area (Å²) in [5, 5.41) is 4.98. The number of rotatable bonds is 2. The van der Waals surface area contributed by atoms with Gasteiger partial charge in [-0.25, -0.2) is 0 Å². The first-order valence-corrected chi connectivity index (χ1v) is 10.1. The van der Waals surface area contributed by atoms with Gasteiger partial charge < -0.3 is 14.2 Å². The highest BCUT2D eigenvalue weighted by atomic mass is 16.5. The van der Waals surface area contributed by atoms with Crippen molar-refractivity contribution in [2.45, 2.75) is 25.8 Å². The van der Waals surface area contributed by atoms with Crippen LogP contribution in [0.3, 0.4) is 0 Å². The molecule has 3 aromatic carbocycles. The highest BCUT2D eigenvalue weighted by Crippen LogP contribution is 2.53. The number of benzene rings is 3. The lowest BCUT2D eigenvalue weighted by Gasteiger charge is -2.23. The minimum absolute atomic E-state index is 0.0523. The van der Waals surface area contributed by atoms with E-state index < -0.39 is 5.41 Å². The molecular formula is C25H20N2O3.